The van der Waals surface area contributed by atoms with Crippen LogP contribution in [0.3, 0.4) is 0 Å². The Morgan fingerprint density at radius 3 is 2.76 bits per heavy atom. The standard InChI is InChI=1S/C16H22N2O3/c1-12(2)8-14(9-16(20)21)11-18-15(19)6-5-13-4-3-7-17-10-13/h3-7,10,12,14H,8-9,11H2,1-2H3,(H,18,19)(H,20,21)/t14-/m0/s1. The van der Waals surface area contributed by atoms with Gasteiger partial charge in [0, 0.05) is 31.4 Å². The largest absolute Gasteiger partial charge is 0.481 e. The van der Waals surface area contributed by atoms with Crippen LogP contribution in [0.2, 0.25) is 0 Å². The van der Waals surface area contributed by atoms with Gasteiger partial charge >= 0.3 is 5.97 Å². The Labute approximate surface area is 125 Å². The van der Waals surface area contributed by atoms with Gasteiger partial charge in [0.2, 0.25) is 5.91 Å². The number of carboxylic acid groups (broad SMARTS) is 1. The van der Waals surface area contributed by atoms with Crippen molar-refractivity contribution in [2.75, 3.05) is 6.54 Å². The SMILES string of the molecule is CC(C)C[C@H](CNC(=O)C=Cc1cccnc1)CC(=O)O. The molecule has 0 aliphatic carbocycles. The molecule has 0 unspecified atom stereocenters. The number of aliphatic carboxylic acids is 1. The first-order valence-corrected chi connectivity index (χ1v) is 7.05. The van der Waals surface area contributed by atoms with Crippen molar-refractivity contribution in [3.63, 3.8) is 0 Å². The van der Waals surface area contributed by atoms with Gasteiger partial charge in [-0.15, -0.1) is 0 Å². The lowest BCUT2D eigenvalue weighted by molar-refractivity contribution is -0.138. The molecule has 0 saturated carbocycles. The van der Waals surface area contributed by atoms with Crippen molar-refractivity contribution in [2.24, 2.45) is 11.8 Å². The topological polar surface area (TPSA) is 79.3 Å². The van der Waals surface area contributed by atoms with Gasteiger partial charge in [-0.25, -0.2) is 0 Å². The summed E-state index contributed by atoms with van der Waals surface area (Å²) >= 11 is 0. The van der Waals surface area contributed by atoms with Gasteiger partial charge in [-0.2, -0.15) is 0 Å². The predicted octanol–water partition coefficient (Wildman–Crippen LogP) is 2.35. The molecule has 1 heterocycles. The average molecular weight is 290 g/mol. The molecule has 1 aromatic heterocycles. The first-order chi connectivity index (χ1) is 9.97. The normalized spacial score (nSPS) is 12.5. The molecule has 0 fully saturated rings. The maximum absolute atomic E-state index is 11.7. The highest BCUT2D eigenvalue weighted by atomic mass is 16.4. The highest BCUT2D eigenvalue weighted by Crippen LogP contribution is 2.14. The molecule has 0 bridgehead atoms. The zero-order chi connectivity index (χ0) is 15.7. The van der Waals surface area contributed by atoms with E-state index in [9.17, 15) is 9.59 Å². The highest BCUT2D eigenvalue weighted by molar-refractivity contribution is 5.91. The van der Waals surface area contributed by atoms with Crippen LogP contribution in [0.5, 0.6) is 0 Å². The van der Waals surface area contributed by atoms with Crippen LogP contribution in [-0.4, -0.2) is 28.5 Å². The number of hydrogen-bond donors (Lipinski definition) is 2. The predicted molar refractivity (Wildman–Crippen MR) is 81.5 cm³/mol. The lowest BCUT2D eigenvalue weighted by atomic mass is 9.94. The zero-order valence-electron chi connectivity index (χ0n) is 12.5. The Morgan fingerprint density at radius 2 is 2.19 bits per heavy atom. The number of hydrogen-bond acceptors (Lipinski definition) is 3. The van der Waals surface area contributed by atoms with Crippen molar-refractivity contribution < 1.29 is 14.7 Å². The smallest absolute Gasteiger partial charge is 0.303 e. The van der Waals surface area contributed by atoms with Crippen molar-refractivity contribution in [1.29, 1.82) is 0 Å². The summed E-state index contributed by atoms with van der Waals surface area (Å²) in [4.78, 5) is 26.5. The van der Waals surface area contributed by atoms with Crippen LogP contribution in [-0.2, 0) is 9.59 Å². The fourth-order valence-corrected chi connectivity index (χ4v) is 2.10. The van der Waals surface area contributed by atoms with Crippen molar-refractivity contribution in [3.8, 4) is 0 Å². The molecule has 5 heteroatoms. The van der Waals surface area contributed by atoms with Gasteiger partial charge in [0.1, 0.15) is 0 Å². The summed E-state index contributed by atoms with van der Waals surface area (Å²) in [6.45, 7) is 4.46. The molecule has 21 heavy (non-hydrogen) atoms. The molecule has 5 nitrogen and oxygen atoms in total. The summed E-state index contributed by atoms with van der Waals surface area (Å²) in [6.07, 6.45) is 7.29. The third kappa shape index (κ3) is 7.87. The second kappa shape index (κ2) is 8.89. The van der Waals surface area contributed by atoms with Gasteiger partial charge in [0.25, 0.3) is 0 Å². The van der Waals surface area contributed by atoms with Crippen molar-refractivity contribution in [2.45, 2.75) is 26.7 Å². The quantitative estimate of drug-likeness (QED) is 0.720. The lowest BCUT2D eigenvalue weighted by Gasteiger charge is -2.17. The summed E-state index contributed by atoms with van der Waals surface area (Å²) in [7, 11) is 0. The van der Waals surface area contributed by atoms with E-state index < -0.39 is 5.97 Å². The Kier molecular flexibility index (Phi) is 7.15. The van der Waals surface area contributed by atoms with E-state index >= 15 is 0 Å². The first-order valence-electron chi connectivity index (χ1n) is 7.05. The number of amides is 1. The van der Waals surface area contributed by atoms with Crippen molar-refractivity contribution >= 4 is 18.0 Å². The van der Waals surface area contributed by atoms with Crippen LogP contribution in [0.25, 0.3) is 6.08 Å². The number of pyridine rings is 1. The average Bonchev–Trinajstić information content (AvgIpc) is 2.42. The molecule has 1 rings (SSSR count). The second-order valence-electron chi connectivity index (χ2n) is 5.46. The molecule has 0 aliphatic rings. The summed E-state index contributed by atoms with van der Waals surface area (Å²) in [5, 5.41) is 11.6. The number of nitrogens with zero attached hydrogens (tertiary/aromatic N) is 1. The Bertz CT molecular complexity index is 484. The van der Waals surface area contributed by atoms with Crippen LogP contribution in [0.1, 0.15) is 32.3 Å². The number of carbonyl (C=O) groups is 2. The van der Waals surface area contributed by atoms with Crippen molar-refractivity contribution in [1.82, 2.24) is 10.3 Å². The van der Waals surface area contributed by atoms with Gasteiger partial charge in [-0.1, -0.05) is 19.9 Å². The lowest BCUT2D eigenvalue weighted by Crippen LogP contribution is -2.29. The Balaban J connectivity index is 2.45. The number of aromatic nitrogens is 1. The van der Waals surface area contributed by atoms with Crippen LogP contribution < -0.4 is 5.32 Å². The molecule has 0 radical (unpaired) electrons. The van der Waals surface area contributed by atoms with Gasteiger partial charge in [0.15, 0.2) is 0 Å². The monoisotopic (exact) mass is 290 g/mol. The molecular weight excluding hydrogens is 268 g/mol. The maximum atomic E-state index is 11.7. The van der Waals surface area contributed by atoms with Crippen LogP contribution in [0.15, 0.2) is 30.6 Å². The van der Waals surface area contributed by atoms with E-state index in [0.717, 1.165) is 12.0 Å². The molecule has 0 aliphatic heterocycles. The fourth-order valence-electron chi connectivity index (χ4n) is 2.10. The van der Waals surface area contributed by atoms with E-state index in [0.29, 0.717) is 12.5 Å². The van der Waals surface area contributed by atoms with Crippen LogP contribution >= 0.6 is 0 Å². The third-order valence-corrected chi connectivity index (χ3v) is 2.94. The highest BCUT2D eigenvalue weighted by Gasteiger charge is 2.15. The van der Waals surface area contributed by atoms with E-state index in [1.807, 2.05) is 19.9 Å². The summed E-state index contributed by atoms with van der Waals surface area (Å²) in [5.74, 6) is -0.700. The molecule has 0 aromatic carbocycles. The minimum absolute atomic E-state index is 0.0433. The Hall–Kier alpha value is -2.17. The van der Waals surface area contributed by atoms with E-state index in [-0.39, 0.29) is 18.2 Å². The van der Waals surface area contributed by atoms with E-state index in [4.69, 9.17) is 5.11 Å². The maximum Gasteiger partial charge on any atom is 0.303 e. The van der Waals surface area contributed by atoms with Gasteiger partial charge in [-0.05, 0) is 36.0 Å². The number of carboxylic acids is 1. The van der Waals surface area contributed by atoms with E-state index in [2.05, 4.69) is 10.3 Å². The molecule has 114 valence electrons. The molecule has 1 amide bonds. The van der Waals surface area contributed by atoms with Gasteiger partial charge < -0.3 is 10.4 Å². The summed E-state index contributed by atoms with van der Waals surface area (Å²) < 4.78 is 0. The van der Waals surface area contributed by atoms with E-state index in [1.165, 1.54) is 6.08 Å². The Morgan fingerprint density at radius 1 is 1.43 bits per heavy atom. The molecule has 0 spiro atoms. The number of rotatable bonds is 8. The third-order valence-electron chi connectivity index (χ3n) is 2.94. The molecule has 2 N–H and O–H groups in total. The van der Waals surface area contributed by atoms with Crippen LogP contribution in [0.4, 0.5) is 0 Å². The molecule has 1 aromatic rings. The molecular formula is C16H22N2O3. The van der Waals surface area contributed by atoms with Gasteiger partial charge in [-0.3, -0.25) is 14.6 Å². The second-order valence-corrected chi connectivity index (χ2v) is 5.46. The summed E-state index contributed by atoms with van der Waals surface area (Å²) in [6, 6.07) is 3.64. The number of carbonyl (C=O) groups excluding carboxylic acids is 1. The first kappa shape index (κ1) is 16.9. The van der Waals surface area contributed by atoms with Crippen LogP contribution in [0, 0.1) is 11.8 Å². The summed E-state index contributed by atoms with van der Waals surface area (Å²) in [5.41, 5.74) is 0.844. The molecule has 0 saturated heterocycles. The minimum Gasteiger partial charge on any atom is -0.481 e. The molecule has 1 atom stereocenters. The number of nitrogens with one attached hydrogen (secondary N) is 1. The van der Waals surface area contributed by atoms with E-state index in [1.54, 1.807) is 24.5 Å². The van der Waals surface area contributed by atoms with Gasteiger partial charge in [0.05, 0.1) is 0 Å². The minimum atomic E-state index is -0.833. The zero-order valence-corrected chi connectivity index (χ0v) is 12.5. The fraction of sp³-hybridized carbons (Fsp3) is 0.438. The van der Waals surface area contributed by atoms with Crippen molar-refractivity contribution in [3.05, 3.63) is 36.2 Å².